The molecule has 0 saturated heterocycles. The number of hydrogen-bond acceptors (Lipinski definition) is 2. The van der Waals surface area contributed by atoms with Crippen LogP contribution in [0.2, 0.25) is 0 Å². The van der Waals surface area contributed by atoms with Gasteiger partial charge in [-0.05, 0) is 36.3 Å². The highest BCUT2D eigenvalue weighted by Gasteiger charge is 2.08. The summed E-state index contributed by atoms with van der Waals surface area (Å²) in [7, 11) is 0. The lowest BCUT2D eigenvalue weighted by Crippen LogP contribution is -2.42. The Labute approximate surface area is 134 Å². The van der Waals surface area contributed by atoms with Gasteiger partial charge in [-0.1, -0.05) is 36.9 Å². The zero-order valence-corrected chi connectivity index (χ0v) is 13.3. The van der Waals surface area contributed by atoms with Crippen molar-refractivity contribution in [3.8, 4) is 22.3 Å². The molecule has 0 bridgehead atoms. The van der Waals surface area contributed by atoms with E-state index in [1.54, 1.807) is 10.8 Å². The summed E-state index contributed by atoms with van der Waals surface area (Å²) < 4.78 is 1.72. The van der Waals surface area contributed by atoms with Crippen LogP contribution in [0.5, 0.6) is 0 Å². The Morgan fingerprint density at radius 3 is 2.48 bits per heavy atom. The topological polar surface area (TPSA) is 50.7 Å². The number of nitrogens with zero attached hydrogens (tertiary/aromatic N) is 2. The summed E-state index contributed by atoms with van der Waals surface area (Å²) in [6, 6.07) is 9.87. The molecule has 0 atom stereocenters. The summed E-state index contributed by atoms with van der Waals surface area (Å²) in [5.41, 5.74) is 3.70. The molecule has 0 fully saturated rings. The van der Waals surface area contributed by atoms with Crippen molar-refractivity contribution in [1.82, 2.24) is 14.8 Å². The molecule has 1 N–H and O–H groups in total. The van der Waals surface area contributed by atoms with E-state index in [0.29, 0.717) is 12.1 Å². The van der Waals surface area contributed by atoms with E-state index in [4.69, 9.17) is 0 Å². The molecule has 23 heavy (non-hydrogen) atoms. The number of pyridine rings is 1. The van der Waals surface area contributed by atoms with Gasteiger partial charge in [-0.15, -0.1) is 0 Å². The van der Waals surface area contributed by atoms with Crippen LogP contribution in [0, 0.1) is 0 Å². The van der Waals surface area contributed by atoms with Gasteiger partial charge in [0.05, 0.1) is 6.20 Å². The Morgan fingerprint density at radius 1 is 1.22 bits per heavy atom. The van der Waals surface area contributed by atoms with Gasteiger partial charge in [-0.3, -0.25) is 9.89 Å². The number of rotatable bonds is 3. The maximum atomic E-state index is 12.7. The summed E-state index contributed by atoms with van der Waals surface area (Å²) in [5.74, 6) is 0. The van der Waals surface area contributed by atoms with Crippen molar-refractivity contribution < 1.29 is 0 Å². The third-order valence-corrected chi connectivity index (χ3v) is 4.09. The van der Waals surface area contributed by atoms with E-state index in [-0.39, 0.29) is 5.56 Å². The van der Waals surface area contributed by atoms with Gasteiger partial charge >= 0.3 is 0 Å². The van der Waals surface area contributed by atoms with Crippen LogP contribution in [0.3, 0.4) is 0 Å². The predicted molar refractivity (Wildman–Crippen MR) is 94.3 cm³/mol. The molecule has 3 rings (SSSR count). The van der Waals surface area contributed by atoms with Crippen molar-refractivity contribution in [2.24, 2.45) is 0 Å². The Bertz CT molecular complexity index is 981. The molecule has 2 aromatic heterocycles. The van der Waals surface area contributed by atoms with Gasteiger partial charge in [0.25, 0.3) is 5.56 Å². The molecule has 116 valence electrons. The number of H-pyrrole nitrogens is 1. The SMILES string of the molecule is C=c1/c(=C\C)cc(-c2ccc(-c3cn[nH]c3)cc2)c(=O)n1CC. The Hall–Kier alpha value is -2.88. The maximum absolute atomic E-state index is 12.7. The number of aromatic amines is 1. The van der Waals surface area contributed by atoms with Crippen LogP contribution in [0.25, 0.3) is 34.9 Å². The maximum Gasteiger partial charge on any atom is 0.258 e. The molecule has 0 aliphatic heterocycles. The van der Waals surface area contributed by atoms with Crippen LogP contribution in [0.15, 0.2) is 47.5 Å². The minimum atomic E-state index is -0.000777. The molecule has 4 heteroatoms. The second-order valence-electron chi connectivity index (χ2n) is 5.36. The first-order valence-corrected chi connectivity index (χ1v) is 7.64. The minimum absolute atomic E-state index is 0.000777. The zero-order valence-electron chi connectivity index (χ0n) is 13.3. The zero-order chi connectivity index (χ0) is 16.4. The van der Waals surface area contributed by atoms with Crippen LogP contribution in [0.4, 0.5) is 0 Å². The fourth-order valence-corrected chi connectivity index (χ4v) is 2.77. The second-order valence-corrected chi connectivity index (χ2v) is 5.36. The Balaban J connectivity index is 2.16. The summed E-state index contributed by atoms with van der Waals surface area (Å²) in [4.78, 5) is 12.7. The summed E-state index contributed by atoms with van der Waals surface area (Å²) in [6.45, 7) is 8.56. The molecule has 0 aliphatic carbocycles. The van der Waals surface area contributed by atoms with Gasteiger partial charge in [0, 0.05) is 29.2 Å². The van der Waals surface area contributed by atoms with Crippen molar-refractivity contribution in [1.29, 1.82) is 0 Å². The standard InChI is InChI=1S/C19H19N3O/c1-4-14-10-18(19(23)22(5-2)13(14)3)16-8-6-15(7-9-16)17-11-20-21-12-17/h4,6-12H,3,5H2,1-2H3,(H,20,21)/b14-4-. The molecule has 0 radical (unpaired) electrons. The van der Waals surface area contributed by atoms with E-state index >= 15 is 0 Å². The average molecular weight is 305 g/mol. The van der Waals surface area contributed by atoms with E-state index in [0.717, 1.165) is 27.3 Å². The number of hydrogen-bond donors (Lipinski definition) is 1. The van der Waals surface area contributed by atoms with Crippen LogP contribution in [-0.4, -0.2) is 14.8 Å². The van der Waals surface area contributed by atoms with Crippen molar-refractivity contribution >= 4 is 12.7 Å². The van der Waals surface area contributed by atoms with Gasteiger partial charge in [0.2, 0.25) is 0 Å². The molecule has 0 aliphatic rings. The van der Waals surface area contributed by atoms with Crippen molar-refractivity contribution in [2.45, 2.75) is 20.4 Å². The Kier molecular flexibility index (Phi) is 3.98. The predicted octanol–water partition coefficient (Wildman–Crippen LogP) is 2.14. The van der Waals surface area contributed by atoms with Gasteiger partial charge in [-0.2, -0.15) is 5.10 Å². The molecule has 0 spiro atoms. The van der Waals surface area contributed by atoms with Crippen LogP contribution >= 0.6 is 0 Å². The third kappa shape index (κ3) is 2.63. The quantitative estimate of drug-likeness (QED) is 0.806. The van der Waals surface area contributed by atoms with Crippen molar-refractivity contribution in [3.63, 3.8) is 0 Å². The number of benzene rings is 1. The average Bonchev–Trinajstić information content (AvgIpc) is 3.10. The number of aromatic nitrogens is 3. The smallest absolute Gasteiger partial charge is 0.258 e. The normalized spacial score (nSPS) is 11.8. The monoisotopic (exact) mass is 305 g/mol. The van der Waals surface area contributed by atoms with E-state index in [2.05, 4.69) is 16.8 Å². The van der Waals surface area contributed by atoms with Gasteiger partial charge in [-0.25, -0.2) is 0 Å². The van der Waals surface area contributed by atoms with E-state index in [1.807, 2.05) is 56.5 Å². The molecular formula is C19H19N3O. The first-order valence-electron chi connectivity index (χ1n) is 7.64. The van der Waals surface area contributed by atoms with Crippen LogP contribution < -0.4 is 16.1 Å². The summed E-state index contributed by atoms with van der Waals surface area (Å²) in [5, 5.41) is 8.51. The van der Waals surface area contributed by atoms with Crippen LogP contribution in [0.1, 0.15) is 13.8 Å². The van der Waals surface area contributed by atoms with Gasteiger partial charge in [0.15, 0.2) is 0 Å². The molecule has 0 unspecified atom stereocenters. The highest BCUT2D eigenvalue weighted by molar-refractivity contribution is 5.69. The molecular weight excluding hydrogens is 286 g/mol. The molecule has 3 aromatic rings. The highest BCUT2D eigenvalue weighted by Crippen LogP contribution is 2.21. The fraction of sp³-hybridized carbons (Fsp3) is 0.158. The van der Waals surface area contributed by atoms with E-state index in [9.17, 15) is 4.79 Å². The number of nitrogens with one attached hydrogen (secondary N) is 1. The minimum Gasteiger partial charge on any atom is -0.309 e. The molecule has 0 amide bonds. The highest BCUT2D eigenvalue weighted by atomic mass is 16.1. The first kappa shape index (κ1) is 15.0. The van der Waals surface area contributed by atoms with Crippen LogP contribution in [-0.2, 0) is 6.54 Å². The molecule has 0 saturated carbocycles. The van der Waals surface area contributed by atoms with Crippen molar-refractivity contribution in [2.75, 3.05) is 0 Å². The molecule has 1 aromatic carbocycles. The van der Waals surface area contributed by atoms with Gasteiger partial charge < -0.3 is 4.57 Å². The lowest BCUT2D eigenvalue weighted by molar-refractivity contribution is 0.701. The van der Waals surface area contributed by atoms with E-state index < -0.39 is 0 Å². The summed E-state index contributed by atoms with van der Waals surface area (Å²) >= 11 is 0. The van der Waals surface area contributed by atoms with E-state index in [1.165, 1.54) is 0 Å². The van der Waals surface area contributed by atoms with Gasteiger partial charge in [0.1, 0.15) is 0 Å². The first-order chi connectivity index (χ1) is 11.2. The molecule has 4 nitrogen and oxygen atoms in total. The lowest BCUT2D eigenvalue weighted by atomic mass is 10.0. The summed E-state index contributed by atoms with van der Waals surface area (Å²) in [6.07, 6.45) is 5.61. The fourth-order valence-electron chi connectivity index (χ4n) is 2.77. The van der Waals surface area contributed by atoms with Crippen molar-refractivity contribution in [3.05, 3.63) is 63.6 Å². The largest absolute Gasteiger partial charge is 0.309 e. The Morgan fingerprint density at radius 2 is 1.91 bits per heavy atom. The lowest BCUT2D eigenvalue weighted by Gasteiger charge is -2.09. The second kappa shape index (κ2) is 6.08. The molecule has 2 heterocycles. The third-order valence-electron chi connectivity index (χ3n) is 4.09.